The summed E-state index contributed by atoms with van der Waals surface area (Å²) in [7, 11) is 1.56. The first-order valence-electron chi connectivity index (χ1n) is 8.16. The first-order valence-corrected chi connectivity index (χ1v) is 8.16. The Morgan fingerprint density at radius 3 is 2.77 bits per heavy atom. The Labute approximate surface area is 151 Å². The number of benzene rings is 1. The highest BCUT2D eigenvalue weighted by atomic mass is 19.3. The summed E-state index contributed by atoms with van der Waals surface area (Å²) in [6.07, 6.45) is 1.65. The lowest BCUT2D eigenvalue weighted by Crippen LogP contribution is -2.36. The Morgan fingerprint density at radius 2 is 2.04 bits per heavy atom. The highest BCUT2D eigenvalue weighted by Gasteiger charge is 2.09. The maximum atomic E-state index is 12.5. The molecule has 0 unspecified atom stereocenters. The van der Waals surface area contributed by atoms with Gasteiger partial charge in [-0.2, -0.15) is 8.78 Å². The van der Waals surface area contributed by atoms with E-state index in [-0.39, 0.29) is 5.75 Å². The Balaban J connectivity index is 2.03. The van der Waals surface area contributed by atoms with Crippen LogP contribution in [0.1, 0.15) is 18.1 Å². The van der Waals surface area contributed by atoms with Crippen LogP contribution in [-0.2, 0) is 13.1 Å². The van der Waals surface area contributed by atoms with Crippen molar-refractivity contribution < 1.29 is 18.3 Å². The lowest BCUT2D eigenvalue weighted by molar-refractivity contribution is -0.0504. The lowest BCUT2D eigenvalue weighted by Gasteiger charge is -2.14. The molecule has 26 heavy (non-hydrogen) atoms. The van der Waals surface area contributed by atoms with E-state index < -0.39 is 6.61 Å². The molecular formula is C18H22F2N4O2. The Bertz CT molecular complexity index is 726. The predicted molar refractivity (Wildman–Crippen MR) is 95.5 cm³/mol. The number of hydrogen-bond acceptors (Lipinski definition) is 4. The third-order valence-corrected chi connectivity index (χ3v) is 3.41. The minimum absolute atomic E-state index is 0.143. The maximum absolute atomic E-state index is 12.5. The Hall–Kier alpha value is -2.90. The second-order valence-electron chi connectivity index (χ2n) is 5.24. The second kappa shape index (κ2) is 10.2. The van der Waals surface area contributed by atoms with Gasteiger partial charge in [0.15, 0.2) is 5.96 Å². The average Bonchev–Trinajstić information content (AvgIpc) is 2.65. The van der Waals surface area contributed by atoms with Gasteiger partial charge < -0.3 is 20.1 Å². The van der Waals surface area contributed by atoms with Crippen molar-refractivity contribution in [2.75, 3.05) is 13.7 Å². The van der Waals surface area contributed by atoms with Crippen molar-refractivity contribution in [2.24, 2.45) is 4.99 Å². The average molecular weight is 364 g/mol. The fourth-order valence-corrected chi connectivity index (χ4v) is 2.21. The van der Waals surface area contributed by atoms with E-state index in [4.69, 9.17) is 4.74 Å². The van der Waals surface area contributed by atoms with E-state index >= 15 is 0 Å². The van der Waals surface area contributed by atoms with Gasteiger partial charge in [-0.3, -0.25) is 0 Å². The van der Waals surface area contributed by atoms with Crippen LogP contribution in [0.5, 0.6) is 11.6 Å². The highest BCUT2D eigenvalue weighted by molar-refractivity contribution is 5.79. The van der Waals surface area contributed by atoms with Gasteiger partial charge in [-0.1, -0.05) is 18.2 Å². The number of guanidine groups is 1. The van der Waals surface area contributed by atoms with Crippen molar-refractivity contribution in [1.82, 2.24) is 15.6 Å². The molecule has 0 spiro atoms. The topological polar surface area (TPSA) is 67.8 Å². The zero-order valence-corrected chi connectivity index (χ0v) is 14.7. The summed E-state index contributed by atoms with van der Waals surface area (Å²) >= 11 is 0. The van der Waals surface area contributed by atoms with Crippen molar-refractivity contribution in [3.63, 3.8) is 0 Å². The van der Waals surface area contributed by atoms with Gasteiger partial charge >= 0.3 is 6.61 Å². The normalized spacial score (nSPS) is 11.3. The zero-order valence-electron chi connectivity index (χ0n) is 14.7. The van der Waals surface area contributed by atoms with Crippen LogP contribution in [-0.4, -0.2) is 31.2 Å². The number of rotatable bonds is 8. The maximum Gasteiger partial charge on any atom is 0.387 e. The van der Waals surface area contributed by atoms with Gasteiger partial charge in [0.25, 0.3) is 0 Å². The molecule has 6 nitrogen and oxygen atoms in total. The predicted octanol–water partition coefficient (Wildman–Crippen LogP) is 2.95. The van der Waals surface area contributed by atoms with Gasteiger partial charge in [0.2, 0.25) is 5.88 Å². The summed E-state index contributed by atoms with van der Waals surface area (Å²) in [4.78, 5) is 8.54. The molecule has 1 heterocycles. The number of aliphatic imine (C=N–C) groups is 1. The molecule has 0 aliphatic carbocycles. The highest BCUT2D eigenvalue weighted by Crippen LogP contribution is 2.19. The van der Waals surface area contributed by atoms with E-state index in [0.29, 0.717) is 37.0 Å². The van der Waals surface area contributed by atoms with Crippen molar-refractivity contribution in [2.45, 2.75) is 26.6 Å². The standard InChI is InChI=1S/C18H22F2N4O2/c1-3-21-18(23-11-13-8-9-22-16(10-13)25-2)24-12-14-6-4-5-7-15(14)26-17(19)20/h4-10,17H,3,11-12H2,1-2H3,(H2,21,23,24). The number of para-hydroxylation sites is 1. The zero-order chi connectivity index (χ0) is 18.8. The largest absolute Gasteiger partial charge is 0.481 e. The molecular weight excluding hydrogens is 342 g/mol. The van der Waals surface area contributed by atoms with Crippen molar-refractivity contribution >= 4 is 5.96 Å². The van der Waals surface area contributed by atoms with Crippen LogP contribution < -0.4 is 20.1 Å². The number of aromatic nitrogens is 1. The van der Waals surface area contributed by atoms with E-state index in [1.165, 1.54) is 6.07 Å². The lowest BCUT2D eigenvalue weighted by atomic mass is 10.2. The monoisotopic (exact) mass is 364 g/mol. The van der Waals surface area contributed by atoms with Crippen LogP contribution in [0.4, 0.5) is 8.78 Å². The van der Waals surface area contributed by atoms with Gasteiger partial charge in [-0.05, 0) is 24.6 Å². The smallest absolute Gasteiger partial charge is 0.387 e. The van der Waals surface area contributed by atoms with Gasteiger partial charge in [0.05, 0.1) is 13.7 Å². The van der Waals surface area contributed by atoms with E-state index in [2.05, 4.69) is 25.3 Å². The second-order valence-corrected chi connectivity index (χ2v) is 5.24. The molecule has 0 radical (unpaired) electrons. The summed E-state index contributed by atoms with van der Waals surface area (Å²) < 4.78 is 34.6. The molecule has 1 aromatic heterocycles. The molecule has 140 valence electrons. The van der Waals surface area contributed by atoms with Crippen molar-refractivity contribution in [3.8, 4) is 11.6 Å². The van der Waals surface area contributed by atoms with E-state index in [1.807, 2.05) is 13.0 Å². The molecule has 0 fully saturated rings. The summed E-state index contributed by atoms with van der Waals surface area (Å²) in [6.45, 7) is 0.471. The number of ether oxygens (including phenoxy) is 2. The number of nitrogens with one attached hydrogen (secondary N) is 2. The third kappa shape index (κ3) is 6.19. The number of pyridine rings is 1. The fourth-order valence-electron chi connectivity index (χ4n) is 2.21. The molecule has 0 atom stereocenters. The molecule has 2 aromatic rings. The SMILES string of the molecule is CCNC(=NCc1ccnc(OC)c1)NCc1ccccc1OC(F)F. The number of alkyl halides is 2. The molecule has 0 aliphatic heterocycles. The fraction of sp³-hybridized carbons (Fsp3) is 0.333. The molecule has 0 aliphatic rings. The summed E-state index contributed by atoms with van der Waals surface area (Å²) in [5.74, 6) is 1.23. The van der Waals surface area contributed by atoms with Crippen LogP contribution in [0.2, 0.25) is 0 Å². The van der Waals surface area contributed by atoms with Gasteiger partial charge in [0.1, 0.15) is 5.75 Å². The summed E-state index contributed by atoms with van der Waals surface area (Å²) in [5.41, 5.74) is 1.56. The molecule has 1 aromatic carbocycles. The van der Waals surface area contributed by atoms with Crippen LogP contribution in [0.15, 0.2) is 47.6 Å². The number of hydrogen-bond donors (Lipinski definition) is 2. The molecule has 2 rings (SSSR count). The number of halogens is 2. The Morgan fingerprint density at radius 1 is 1.23 bits per heavy atom. The van der Waals surface area contributed by atoms with E-state index in [1.54, 1.807) is 37.6 Å². The molecule has 8 heteroatoms. The van der Waals surface area contributed by atoms with Crippen LogP contribution in [0.3, 0.4) is 0 Å². The van der Waals surface area contributed by atoms with Crippen LogP contribution in [0, 0.1) is 0 Å². The first kappa shape index (κ1) is 19.4. The van der Waals surface area contributed by atoms with Crippen LogP contribution in [0.25, 0.3) is 0 Å². The summed E-state index contributed by atoms with van der Waals surface area (Å²) in [6, 6.07) is 10.3. The number of methoxy groups -OCH3 is 1. The molecule has 0 saturated carbocycles. The number of nitrogens with zero attached hydrogens (tertiary/aromatic N) is 2. The van der Waals surface area contributed by atoms with Crippen molar-refractivity contribution in [1.29, 1.82) is 0 Å². The van der Waals surface area contributed by atoms with E-state index in [9.17, 15) is 8.78 Å². The quantitative estimate of drug-likeness (QED) is 0.557. The third-order valence-electron chi connectivity index (χ3n) is 3.41. The molecule has 0 amide bonds. The van der Waals surface area contributed by atoms with Gasteiger partial charge in [-0.25, -0.2) is 9.98 Å². The molecule has 2 N–H and O–H groups in total. The minimum Gasteiger partial charge on any atom is -0.481 e. The Kier molecular flexibility index (Phi) is 7.60. The van der Waals surface area contributed by atoms with Gasteiger partial charge in [-0.15, -0.1) is 0 Å². The van der Waals surface area contributed by atoms with Crippen molar-refractivity contribution in [3.05, 3.63) is 53.7 Å². The first-order chi connectivity index (χ1) is 12.6. The minimum atomic E-state index is -2.86. The van der Waals surface area contributed by atoms with E-state index in [0.717, 1.165) is 5.56 Å². The summed E-state index contributed by atoms with van der Waals surface area (Å²) in [5, 5.41) is 6.23. The van der Waals surface area contributed by atoms with Gasteiger partial charge in [0, 0.05) is 30.9 Å². The molecule has 0 bridgehead atoms. The molecule has 0 saturated heterocycles. The van der Waals surface area contributed by atoms with Crippen LogP contribution >= 0.6 is 0 Å².